The summed E-state index contributed by atoms with van der Waals surface area (Å²) in [5, 5.41) is 12.2. The molecule has 0 fully saturated rings. The minimum Gasteiger partial charge on any atom is -0.490 e. The topological polar surface area (TPSA) is 90.6 Å². The van der Waals surface area contributed by atoms with Crippen molar-refractivity contribution in [2.24, 2.45) is 5.10 Å². The summed E-state index contributed by atoms with van der Waals surface area (Å²) in [5.74, 6) is 1.14. The number of nitrogens with zero attached hydrogens (tertiary/aromatic N) is 4. The van der Waals surface area contributed by atoms with Crippen LogP contribution in [0.5, 0.6) is 11.5 Å². The lowest BCUT2D eigenvalue weighted by atomic mass is 10.1. The van der Waals surface area contributed by atoms with Crippen molar-refractivity contribution in [3.63, 3.8) is 0 Å². The molecule has 4 rings (SSSR count). The smallest absolute Gasteiger partial charge is 0.261 e. The number of rotatable bonds is 4. The highest BCUT2D eigenvalue weighted by Gasteiger charge is 2.12. The molecule has 1 amide bonds. The third-order valence-corrected chi connectivity index (χ3v) is 4.23. The second-order valence-corrected chi connectivity index (χ2v) is 6.18. The summed E-state index contributed by atoms with van der Waals surface area (Å²) in [6.07, 6.45) is 0.851. The molecule has 1 aromatic heterocycles. The fourth-order valence-electron chi connectivity index (χ4n) is 2.80. The molecule has 138 valence electrons. The van der Waals surface area contributed by atoms with E-state index in [0.717, 1.165) is 28.8 Å². The Labute approximate surface area is 155 Å². The number of fused-ring (bicyclic) bond motifs is 2. The molecule has 1 aliphatic rings. The average Bonchev–Trinajstić information content (AvgIpc) is 2.94. The van der Waals surface area contributed by atoms with Gasteiger partial charge in [0.15, 0.2) is 11.5 Å². The molecule has 0 aliphatic carbocycles. The fourth-order valence-corrected chi connectivity index (χ4v) is 2.80. The van der Waals surface area contributed by atoms with Crippen LogP contribution in [-0.4, -0.2) is 39.8 Å². The number of para-hydroxylation sites is 1. The maximum atomic E-state index is 12.2. The third kappa shape index (κ3) is 3.74. The molecule has 0 saturated heterocycles. The summed E-state index contributed by atoms with van der Waals surface area (Å²) >= 11 is 0. The first-order valence-corrected chi connectivity index (χ1v) is 8.72. The van der Waals surface area contributed by atoms with E-state index in [9.17, 15) is 4.79 Å². The molecule has 0 atom stereocenters. The van der Waals surface area contributed by atoms with E-state index in [1.807, 2.05) is 49.4 Å². The second-order valence-electron chi connectivity index (χ2n) is 6.18. The number of amides is 1. The van der Waals surface area contributed by atoms with Crippen LogP contribution < -0.4 is 14.9 Å². The van der Waals surface area contributed by atoms with Gasteiger partial charge in [0, 0.05) is 12.0 Å². The lowest BCUT2D eigenvalue weighted by Gasteiger charge is -2.09. The minimum absolute atomic E-state index is 0.0401. The third-order valence-electron chi connectivity index (χ3n) is 4.23. The highest BCUT2D eigenvalue weighted by molar-refractivity contribution is 5.99. The van der Waals surface area contributed by atoms with E-state index in [0.29, 0.717) is 24.7 Å². The maximum absolute atomic E-state index is 12.2. The Hall–Kier alpha value is -3.42. The number of hydrazone groups is 1. The Bertz CT molecular complexity index is 1010. The Morgan fingerprint density at radius 2 is 2.00 bits per heavy atom. The number of benzene rings is 2. The number of ether oxygens (including phenoxy) is 2. The summed E-state index contributed by atoms with van der Waals surface area (Å²) in [6, 6.07) is 13.1. The van der Waals surface area contributed by atoms with Crippen LogP contribution in [0.4, 0.5) is 0 Å². The molecule has 0 spiro atoms. The van der Waals surface area contributed by atoms with Gasteiger partial charge >= 0.3 is 0 Å². The van der Waals surface area contributed by atoms with E-state index in [1.165, 1.54) is 0 Å². The van der Waals surface area contributed by atoms with Gasteiger partial charge in [0.1, 0.15) is 12.1 Å². The molecule has 2 aromatic carbocycles. The number of hydrogen-bond donors (Lipinski definition) is 1. The lowest BCUT2D eigenvalue weighted by Crippen LogP contribution is -2.24. The van der Waals surface area contributed by atoms with Gasteiger partial charge in [-0.25, -0.2) is 10.1 Å². The molecule has 27 heavy (non-hydrogen) atoms. The normalized spacial score (nSPS) is 14.0. The predicted octanol–water partition coefficient (Wildman–Crippen LogP) is 2.13. The van der Waals surface area contributed by atoms with E-state index in [1.54, 1.807) is 4.68 Å². The Morgan fingerprint density at radius 1 is 1.19 bits per heavy atom. The number of hydrogen-bond acceptors (Lipinski definition) is 6. The molecule has 8 heteroatoms. The van der Waals surface area contributed by atoms with Crippen molar-refractivity contribution in [1.82, 2.24) is 20.4 Å². The van der Waals surface area contributed by atoms with Crippen molar-refractivity contribution in [1.29, 1.82) is 0 Å². The molecule has 2 heterocycles. The van der Waals surface area contributed by atoms with Crippen molar-refractivity contribution in [2.45, 2.75) is 19.9 Å². The summed E-state index contributed by atoms with van der Waals surface area (Å²) in [5.41, 5.74) is 5.64. The van der Waals surface area contributed by atoms with Crippen molar-refractivity contribution in [2.75, 3.05) is 13.2 Å². The molecule has 0 radical (unpaired) electrons. The Kier molecular flexibility index (Phi) is 4.69. The number of carbonyl (C=O) groups is 1. The zero-order valence-electron chi connectivity index (χ0n) is 14.9. The summed E-state index contributed by atoms with van der Waals surface area (Å²) in [4.78, 5) is 12.2. The van der Waals surface area contributed by atoms with Crippen LogP contribution in [0.25, 0.3) is 11.0 Å². The fraction of sp³-hybridized carbons (Fsp3) is 0.263. The highest BCUT2D eigenvalue weighted by Crippen LogP contribution is 2.30. The molecule has 3 aromatic rings. The number of nitrogens with one attached hydrogen (secondary N) is 1. The molecular formula is C19H19N5O3. The van der Waals surface area contributed by atoms with Gasteiger partial charge < -0.3 is 9.47 Å². The first-order chi connectivity index (χ1) is 13.2. The zero-order chi connectivity index (χ0) is 18.6. The average molecular weight is 365 g/mol. The van der Waals surface area contributed by atoms with Crippen LogP contribution in [0, 0.1) is 0 Å². The maximum Gasteiger partial charge on any atom is 0.261 e. The van der Waals surface area contributed by atoms with Crippen molar-refractivity contribution in [3.8, 4) is 11.5 Å². The van der Waals surface area contributed by atoms with Gasteiger partial charge in [0.2, 0.25) is 0 Å². The Balaban J connectivity index is 1.44. The zero-order valence-corrected chi connectivity index (χ0v) is 14.9. The van der Waals surface area contributed by atoms with Gasteiger partial charge in [0.25, 0.3) is 5.91 Å². The molecule has 1 N–H and O–H groups in total. The number of aromatic nitrogens is 3. The van der Waals surface area contributed by atoms with Crippen molar-refractivity contribution < 1.29 is 14.3 Å². The van der Waals surface area contributed by atoms with Crippen molar-refractivity contribution >= 4 is 22.7 Å². The molecule has 8 nitrogen and oxygen atoms in total. The van der Waals surface area contributed by atoms with Gasteiger partial charge in [0.05, 0.1) is 24.4 Å². The van der Waals surface area contributed by atoms with E-state index in [4.69, 9.17) is 9.47 Å². The van der Waals surface area contributed by atoms with Crippen LogP contribution in [0.1, 0.15) is 18.9 Å². The van der Waals surface area contributed by atoms with Gasteiger partial charge in [-0.2, -0.15) is 5.10 Å². The van der Waals surface area contributed by atoms with Gasteiger partial charge in [-0.05, 0) is 37.3 Å². The van der Waals surface area contributed by atoms with E-state index < -0.39 is 0 Å². The monoisotopic (exact) mass is 365 g/mol. The number of carbonyl (C=O) groups excluding carboxylic acids is 1. The highest BCUT2D eigenvalue weighted by atomic mass is 16.5. The summed E-state index contributed by atoms with van der Waals surface area (Å²) < 4.78 is 12.9. The standard InChI is InChI=1S/C19H19N5O3/c1-13(14-7-8-17-18(11-14)27-10-4-9-26-17)20-22-19(25)12-24-16-6-3-2-5-15(16)21-23-24/h2-3,5-8,11H,4,9-10,12H2,1H3,(H,22,25)/b20-13-. The van der Waals surface area contributed by atoms with Gasteiger partial charge in [-0.1, -0.05) is 17.3 Å². The van der Waals surface area contributed by atoms with Crippen LogP contribution in [0.3, 0.4) is 0 Å². The minimum atomic E-state index is -0.278. The van der Waals surface area contributed by atoms with Gasteiger partial charge in [-0.15, -0.1) is 5.10 Å². The van der Waals surface area contributed by atoms with Crippen molar-refractivity contribution in [3.05, 3.63) is 48.0 Å². The van der Waals surface area contributed by atoms with Crippen LogP contribution in [0.15, 0.2) is 47.6 Å². The first-order valence-electron chi connectivity index (χ1n) is 8.72. The molecule has 0 unspecified atom stereocenters. The van der Waals surface area contributed by atoms with Crippen LogP contribution in [0.2, 0.25) is 0 Å². The SMILES string of the molecule is C/C(=N/NC(=O)Cn1nnc2ccccc21)c1ccc2c(c1)OCCCO2. The molecule has 1 aliphatic heterocycles. The Morgan fingerprint density at radius 3 is 2.89 bits per heavy atom. The van der Waals surface area contributed by atoms with E-state index >= 15 is 0 Å². The predicted molar refractivity (Wildman–Crippen MR) is 99.9 cm³/mol. The quantitative estimate of drug-likeness (QED) is 0.565. The van der Waals surface area contributed by atoms with Gasteiger partial charge in [-0.3, -0.25) is 4.79 Å². The first kappa shape index (κ1) is 17.0. The van der Waals surface area contributed by atoms with E-state index in [-0.39, 0.29) is 12.5 Å². The summed E-state index contributed by atoms with van der Waals surface area (Å²) in [6.45, 7) is 3.13. The van der Waals surface area contributed by atoms with Crippen LogP contribution >= 0.6 is 0 Å². The molecular weight excluding hydrogens is 346 g/mol. The molecule has 0 bridgehead atoms. The second kappa shape index (κ2) is 7.45. The molecule has 0 saturated carbocycles. The largest absolute Gasteiger partial charge is 0.490 e. The lowest BCUT2D eigenvalue weighted by molar-refractivity contribution is -0.121. The summed E-state index contributed by atoms with van der Waals surface area (Å²) in [7, 11) is 0. The van der Waals surface area contributed by atoms with Crippen LogP contribution in [-0.2, 0) is 11.3 Å². The van der Waals surface area contributed by atoms with E-state index in [2.05, 4.69) is 20.8 Å².